The van der Waals surface area contributed by atoms with Gasteiger partial charge < -0.3 is 15.4 Å². The van der Waals surface area contributed by atoms with Crippen LogP contribution in [-0.2, 0) is 13.0 Å². The molecule has 5 nitrogen and oxygen atoms in total. The number of hydrogen-bond donors (Lipinski definition) is 3. The van der Waals surface area contributed by atoms with Gasteiger partial charge in [-0.05, 0) is 35.6 Å². The predicted octanol–water partition coefficient (Wildman–Crippen LogP) is 3.42. The highest BCUT2D eigenvalue weighted by atomic mass is 32.1. The molecule has 1 aromatic carbocycles. The molecule has 0 fully saturated rings. The Hall–Kier alpha value is -2.60. The summed E-state index contributed by atoms with van der Waals surface area (Å²) in [5.41, 5.74) is 2.62. The van der Waals surface area contributed by atoms with Gasteiger partial charge in [-0.15, -0.1) is 11.3 Å². The number of aromatic amines is 1. The Bertz CT molecular complexity index is 865. The lowest BCUT2D eigenvalue weighted by Crippen LogP contribution is -2.22. The molecule has 0 aliphatic rings. The van der Waals surface area contributed by atoms with Gasteiger partial charge in [0.25, 0.3) is 5.91 Å². The van der Waals surface area contributed by atoms with Gasteiger partial charge in [0.1, 0.15) is 5.69 Å². The van der Waals surface area contributed by atoms with Gasteiger partial charge in [-0.2, -0.15) is 0 Å². The van der Waals surface area contributed by atoms with Crippen molar-refractivity contribution >= 4 is 34.1 Å². The van der Waals surface area contributed by atoms with Crippen molar-refractivity contribution in [2.45, 2.75) is 19.9 Å². The van der Waals surface area contributed by atoms with E-state index >= 15 is 0 Å². The lowest BCUT2D eigenvalue weighted by Gasteiger charge is -2.05. The Morgan fingerprint density at radius 2 is 2.13 bits per heavy atom. The van der Waals surface area contributed by atoms with Crippen molar-refractivity contribution in [2.24, 2.45) is 0 Å². The summed E-state index contributed by atoms with van der Waals surface area (Å²) in [6.45, 7) is 2.22. The molecule has 0 saturated heterocycles. The van der Waals surface area contributed by atoms with Gasteiger partial charge in [0.05, 0.1) is 4.88 Å². The summed E-state index contributed by atoms with van der Waals surface area (Å²) in [5, 5.41) is 14.9. The minimum atomic E-state index is -1.03. The van der Waals surface area contributed by atoms with Gasteiger partial charge in [0.15, 0.2) is 0 Å². The van der Waals surface area contributed by atoms with E-state index in [0.717, 1.165) is 22.9 Å². The van der Waals surface area contributed by atoms with Crippen LogP contribution < -0.4 is 5.32 Å². The van der Waals surface area contributed by atoms with Crippen LogP contribution >= 0.6 is 11.3 Å². The molecule has 3 aromatic rings. The molecule has 3 N–H and O–H groups in total. The van der Waals surface area contributed by atoms with Crippen LogP contribution in [0.1, 0.15) is 38.2 Å². The number of rotatable bonds is 5. The number of carbonyl (C=O) groups excluding carboxylic acids is 1. The van der Waals surface area contributed by atoms with Crippen molar-refractivity contribution < 1.29 is 14.7 Å². The first-order valence-corrected chi connectivity index (χ1v) is 8.16. The number of hydrogen-bond acceptors (Lipinski definition) is 3. The third-order valence-corrected chi connectivity index (χ3v) is 4.63. The van der Waals surface area contributed by atoms with Gasteiger partial charge in [0.2, 0.25) is 0 Å². The third kappa shape index (κ3) is 2.98. The number of benzene rings is 1. The predicted molar refractivity (Wildman–Crippen MR) is 90.1 cm³/mol. The van der Waals surface area contributed by atoms with E-state index < -0.39 is 5.97 Å². The Balaban J connectivity index is 1.95. The molecule has 0 radical (unpaired) electrons. The summed E-state index contributed by atoms with van der Waals surface area (Å²) in [6, 6.07) is 9.37. The molecule has 118 valence electrons. The van der Waals surface area contributed by atoms with E-state index in [2.05, 4.69) is 10.3 Å². The van der Waals surface area contributed by atoms with Gasteiger partial charge in [-0.3, -0.25) is 4.79 Å². The van der Waals surface area contributed by atoms with Crippen LogP contribution in [0.15, 0.2) is 35.7 Å². The summed E-state index contributed by atoms with van der Waals surface area (Å²) in [7, 11) is 0. The zero-order chi connectivity index (χ0) is 16.4. The van der Waals surface area contributed by atoms with Crippen molar-refractivity contribution in [1.29, 1.82) is 0 Å². The van der Waals surface area contributed by atoms with Gasteiger partial charge in [-0.25, -0.2) is 4.79 Å². The van der Waals surface area contributed by atoms with Crippen molar-refractivity contribution in [1.82, 2.24) is 10.3 Å². The van der Waals surface area contributed by atoms with Crippen LogP contribution in [0.2, 0.25) is 0 Å². The lowest BCUT2D eigenvalue weighted by atomic mass is 10.1. The first-order chi connectivity index (χ1) is 11.1. The van der Waals surface area contributed by atoms with E-state index in [1.165, 1.54) is 11.3 Å². The number of amides is 1. The second kappa shape index (κ2) is 6.26. The zero-order valence-electron chi connectivity index (χ0n) is 12.6. The highest BCUT2D eigenvalue weighted by molar-refractivity contribution is 7.12. The number of carboxylic acids is 1. The molecule has 23 heavy (non-hydrogen) atoms. The van der Waals surface area contributed by atoms with E-state index in [-0.39, 0.29) is 18.1 Å². The van der Waals surface area contributed by atoms with E-state index in [0.29, 0.717) is 10.4 Å². The van der Waals surface area contributed by atoms with Crippen LogP contribution in [0.4, 0.5) is 0 Å². The number of carbonyl (C=O) groups is 2. The van der Waals surface area contributed by atoms with Crippen LogP contribution in [0, 0.1) is 0 Å². The van der Waals surface area contributed by atoms with E-state index in [1.54, 1.807) is 6.07 Å². The quantitative estimate of drug-likeness (QED) is 0.671. The topological polar surface area (TPSA) is 82.2 Å². The SMILES string of the molecule is CCc1ccc2[nH]c(C(=O)O)c(CNC(=O)c3cccs3)c2c1. The first kappa shape index (κ1) is 15.3. The molecular weight excluding hydrogens is 312 g/mol. The Kier molecular flexibility index (Phi) is 4.16. The maximum absolute atomic E-state index is 12.1. The maximum Gasteiger partial charge on any atom is 0.352 e. The number of aromatic carboxylic acids is 1. The smallest absolute Gasteiger partial charge is 0.352 e. The average Bonchev–Trinajstić information content (AvgIpc) is 3.19. The molecule has 0 unspecified atom stereocenters. The monoisotopic (exact) mass is 328 g/mol. The summed E-state index contributed by atoms with van der Waals surface area (Å²) in [4.78, 5) is 27.1. The number of H-pyrrole nitrogens is 1. The number of fused-ring (bicyclic) bond motifs is 1. The molecule has 0 aliphatic heterocycles. The lowest BCUT2D eigenvalue weighted by molar-refractivity contribution is 0.0689. The normalized spacial score (nSPS) is 10.8. The van der Waals surface area contributed by atoms with Crippen molar-refractivity contribution in [3.05, 3.63) is 57.4 Å². The highest BCUT2D eigenvalue weighted by Crippen LogP contribution is 2.24. The molecule has 2 heterocycles. The number of aryl methyl sites for hydroxylation is 1. The van der Waals surface area contributed by atoms with Crippen LogP contribution in [0.25, 0.3) is 10.9 Å². The van der Waals surface area contributed by atoms with Gasteiger partial charge >= 0.3 is 5.97 Å². The Morgan fingerprint density at radius 3 is 2.78 bits per heavy atom. The fourth-order valence-corrected chi connectivity index (χ4v) is 3.18. The second-order valence-corrected chi connectivity index (χ2v) is 6.12. The molecule has 0 spiro atoms. The highest BCUT2D eigenvalue weighted by Gasteiger charge is 2.18. The molecule has 0 saturated carbocycles. The molecule has 3 rings (SSSR count). The molecule has 0 aliphatic carbocycles. The summed E-state index contributed by atoms with van der Waals surface area (Å²) in [5.74, 6) is -1.23. The summed E-state index contributed by atoms with van der Waals surface area (Å²) < 4.78 is 0. The second-order valence-electron chi connectivity index (χ2n) is 5.18. The molecule has 0 atom stereocenters. The minimum Gasteiger partial charge on any atom is -0.477 e. The van der Waals surface area contributed by atoms with Crippen molar-refractivity contribution in [3.8, 4) is 0 Å². The Labute approximate surface area is 137 Å². The molecule has 1 amide bonds. The van der Waals surface area contributed by atoms with Gasteiger partial charge in [0, 0.05) is 23.0 Å². The van der Waals surface area contributed by atoms with E-state index in [1.807, 2.05) is 36.6 Å². The van der Waals surface area contributed by atoms with Crippen molar-refractivity contribution in [3.63, 3.8) is 0 Å². The fraction of sp³-hybridized carbons (Fsp3) is 0.176. The molecule has 2 aromatic heterocycles. The number of nitrogens with one attached hydrogen (secondary N) is 2. The standard InChI is InChI=1S/C17H16N2O3S/c1-2-10-5-6-13-11(8-10)12(15(19-13)17(21)22)9-18-16(20)14-4-3-7-23-14/h3-8,19H,2,9H2,1H3,(H,18,20)(H,21,22). The summed E-state index contributed by atoms with van der Waals surface area (Å²) in [6.07, 6.45) is 0.866. The average molecular weight is 328 g/mol. The third-order valence-electron chi connectivity index (χ3n) is 3.76. The zero-order valence-corrected chi connectivity index (χ0v) is 13.4. The summed E-state index contributed by atoms with van der Waals surface area (Å²) >= 11 is 1.35. The fourth-order valence-electron chi connectivity index (χ4n) is 2.54. The minimum absolute atomic E-state index is 0.125. The van der Waals surface area contributed by atoms with E-state index in [9.17, 15) is 14.7 Å². The van der Waals surface area contributed by atoms with Crippen LogP contribution in [0.3, 0.4) is 0 Å². The first-order valence-electron chi connectivity index (χ1n) is 7.28. The molecule has 6 heteroatoms. The maximum atomic E-state index is 12.1. The van der Waals surface area contributed by atoms with Crippen molar-refractivity contribution in [2.75, 3.05) is 0 Å². The van der Waals surface area contributed by atoms with Crippen LogP contribution in [0.5, 0.6) is 0 Å². The number of carboxylic acid groups (broad SMARTS) is 1. The van der Waals surface area contributed by atoms with E-state index in [4.69, 9.17) is 0 Å². The Morgan fingerprint density at radius 1 is 1.30 bits per heavy atom. The number of aromatic nitrogens is 1. The van der Waals surface area contributed by atoms with Crippen LogP contribution in [-0.4, -0.2) is 22.0 Å². The molecular formula is C17H16N2O3S. The van der Waals surface area contributed by atoms with Gasteiger partial charge in [-0.1, -0.05) is 19.1 Å². The largest absolute Gasteiger partial charge is 0.477 e. The number of thiophene rings is 1. The molecule has 0 bridgehead atoms.